The van der Waals surface area contributed by atoms with Gasteiger partial charge in [-0.05, 0) is 42.3 Å². The smallest absolute Gasteiger partial charge is 0.0461 e. The van der Waals surface area contributed by atoms with Crippen LogP contribution in [-0.4, -0.2) is 0 Å². The molecule has 0 saturated carbocycles. The molecular formula is C14H13Cl2NS. The highest BCUT2D eigenvalue weighted by atomic mass is 35.5. The minimum absolute atomic E-state index is 0.705. The van der Waals surface area contributed by atoms with Crippen molar-refractivity contribution in [2.75, 3.05) is 5.73 Å². The zero-order valence-corrected chi connectivity index (χ0v) is 12.2. The van der Waals surface area contributed by atoms with Gasteiger partial charge in [0.25, 0.3) is 0 Å². The van der Waals surface area contributed by atoms with Gasteiger partial charge >= 0.3 is 0 Å². The van der Waals surface area contributed by atoms with Gasteiger partial charge in [-0.3, -0.25) is 0 Å². The Kier molecular flexibility index (Phi) is 4.44. The van der Waals surface area contributed by atoms with Gasteiger partial charge in [0.1, 0.15) is 0 Å². The highest BCUT2D eigenvalue weighted by Gasteiger charge is 2.08. The molecule has 0 spiro atoms. The number of hydrogen-bond donors (Lipinski definition) is 1. The van der Waals surface area contributed by atoms with Crippen molar-refractivity contribution in [3.63, 3.8) is 0 Å². The van der Waals surface area contributed by atoms with Crippen molar-refractivity contribution in [1.29, 1.82) is 0 Å². The Morgan fingerprint density at radius 2 is 1.67 bits per heavy atom. The van der Waals surface area contributed by atoms with Crippen LogP contribution in [0.3, 0.4) is 0 Å². The maximum Gasteiger partial charge on any atom is 0.0461 e. The van der Waals surface area contributed by atoms with Crippen molar-refractivity contribution in [3.8, 4) is 0 Å². The highest BCUT2D eigenvalue weighted by molar-refractivity contribution is 7.98. The van der Waals surface area contributed by atoms with E-state index in [-0.39, 0.29) is 0 Å². The van der Waals surface area contributed by atoms with Crippen LogP contribution in [0.2, 0.25) is 10.0 Å². The number of hydrogen-bond acceptors (Lipinski definition) is 2. The first-order valence-electron chi connectivity index (χ1n) is 5.50. The molecule has 0 aliphatic rings. The summed E-state index contributed by atoms with van der Waals surface area (Å²) in [7, 11) is 0. The van der Waals surface area contributed by atoms with E-state index in [4.69, 9.17) is 28.9 Å². The topological polar surface area (TPSA) is 26.0 Å². The lowest BCUT2D eigenvalue weighted by atomic mass is 10.2. The average molecular weight is 298 g/mol. The number of rotatable bonds is 3. The number of anilines is 1. The van der Waals surface area contributed by atoms with Crippen LogP contribution >= 0.6 is 35.0 Å². The molecule has 4 heteroatoms. The van der Waals surface area contributed by atoms with E-state index in [9.17, 15) is 0 Å². The second-order valence-corrected chi connectivity index (χ2v) is 5.79. The SMILES string of the molecule is Cc1c(N)cccc1SCc1c(Cl)cccc1Cl. The summed E-state index contributed by atoms with van der Waals surface area (Å²) in [4.78, 5) is 1.16. The molecule has 2 rings (SSSR count). The van der Waals surface area contributed by atoms with E-state index in [0.29, 0.717) is 10.0 Å². The summed E-state index contributed by atoms with van der Waals surface area (Å²) in [5.41, 5.74) is 8.76. The number of halogens is 2. The fraction of sp³-hybridized carbons (Fsp3) is 0.143. The first-order chi connectivity index (χ1) is 8.59. The standard InChI is InChI=1S/C14H13Cl2NS/c1-9-13(17)6-3-7-14(9)18-8-10-11(15)4-2-5-12(10)16/h2-7H,8,17H2,1H3. The molecule has 2 aromatic carbocycles. The van der Waals surface area contributed by atoms with Gasteiger partial charge in [-0.2, -0.15) is 0 Å². The van der Waals surface area contributed by atoms with Gasteiger partial charge in [0.05, 0.1) is 0 Å². The summed E-state index contributed by atoms with van der Waals surface area (Å²) in [6.45, 7) is 2.02. The lowest BCUT2D eigenvalue weighted by molar-refractivity contribution is 1.29. The number of thioether (sulfide) groups is 1. The normalized spacial score (nSPS) is 10.6. The van der Waals surface area contributed by atoms with Gasteiger partial charge < -0.3 is 5.73 Å². The molecule has 0 unspecified atom stereocenters. The summed E-state index contributed by atoms with van der Waals surface area (Å²) < 4.78 is 0. The Hall–Kier alpha value is -0.830. The van der Waals surface area contributed by atoms with Gasteiger partial charge in [0.15, 0.2) is 0 Å². The number of nitrogens with two attached hydrogens (primary N) is 1. The molecule has 0 aliphatic heterocycles. The molecule has 0 fully saturated rings. The van der Waals surface area contributed by atoms with E-state index < -0.39 is 0 Å². The Balaban J connectivity index is 2.19. The molecule has 0 radical (unpaired) electrons. The Morgan fingerprint density at radius 1 is 1.06 bits per heavy atom. The molecule has 18 heavy (non-hydrogen) atoms. The van der Waals surface area contributed by atoms with Crippen LogP contribution in [0, 0.1) is 6.92 Å². The van der Waals surface area contributed by atoms with E-state index in [1.807, 2.05) is 37.3 Å². The number of nitrogen functional groups attached to an aromatic ring is 1. The molecule has 94 valence electrons. The second kappa shape index (κ2) is 5.87. The second-order valence-electron chi connectivity index (χ2n) is 3.96. The number of benzene rings is 2. The van der Waals surface area contributed by atoms with Crippen molar-refractivity contribution in [1.82, 2.24) is 0 Å². The molecule has 0 aromatic heterocycles. The molecule has 0 amide bonds. The third kappa shape index (κ3) is 2.94. The lowest BCUT2D eigenvalue weighted by Crippen LogP contribution is -1.91. The summed E-state index contributed by atoms with van der Waals surface area (Å²) in [6.07, 6.45) is 0. The third-order valence-electron chi connectivity index (χ3n) is 2.76. The molecule has 2 aromatic rings. The van der Waals surface area contributed by atoms with Crippen LogP contribution in [0.1, 0.15) is 11.1 Å². The predicted molar refractivity (Wildman–Crippen MR) is 81.6 cm³/mol. The largest absolute Gasteiger partial charge is 0.398 e. The zero-order chi connectivity index (χ0) is 13.1. The molecule has 1 nitrogen and oxygen atoms in total. The van der Waals surface area contributed by atoms with Crippen molar-refractivity contribution in [2.45, 2.75) is 17.6 Å². The summed E-state index contributed by atoms with van der Waals surface area (Å²) in [6, 6.07) is 11.5. The van der Waals surface area contributed by atoms with Gasteiger partial charge in [-0.15, -0.1) is 11.8 Å². The van der Waals surface area contributed by atoms with Gasteiger partial charge in [-0.1, -0.05) is 35.3 Å². The predicted octanol–water partition coefficient (Wildman–Crippen LogP) is 5.18. The maximum absolute atomic E-state index is 6.14. The summed E-state index contributed by atoms with van der Waals surface area (Å²) in [5.74, 6) is 0.739. The van der Waals surface area contributed by atoms with Gasteiger partial charge in [0, 0.05) is 26.4 Å². The fourth-order valence-corrected chi connectivity index (χ4v) is 3.42. The molecule has 0 heterocycles. The fourth-order valence-electron chi connectivity index (χ4n) is 1.61. The minimum atomic E-state index is 0.705. The Bertz CT molecular complexity index is 549. The van der Waals surface area contributed by atoms with Crippen LogP contribution < -0.4 is 5.73 Å². The first kappa shape index (κ1) is 13.6. The van der Waals surface area contributed by atoms with Crippen molar-refractivity contribution < 1.29 is 0 Å². The lowest BCUT2D eigenvalue weighted by Gasteiger charge is -2.10. The van der Waals surface area contributed by atoms with E-state index in [2.05, 4.69) is 6.07 Å². The summed E-state index contributed by atoms with van der Waals surface area (Å²) >= 11 is 14.0. The molecule has 0 atom stereocenters. The molecule has 2 N–H and O–H groups in total. The van der Waals surface area contributed by atoms with Gasteiger partial charge in [0.2, 0.25) is 0 Å². The summed E-state index contributed by atoms with van der Waals surface area (Å²) in [5, 5.41) is 1.41. The molecule has 0 aliphatic carbocycles. The minimum Gasteiger partial charge on any atom is -0.398 e. The van der Waals surface area contributed by atoms with Crippen molar-refractivity contribution >= 4 is 40.7 Å². The van der Waals surface area contributed by atoms with Crippen LogP contribution in [0.4, 0.5) is 5.69 Å². The van der Waals surface area contributed by atoms with Crippen molar-refractivity contribution in [3.05, 3.63) is 57.6 Å². The zero-order valence-electron chi connectivity index (χ0n) is 9.91. The third-order valence-corrected chi connectivity index (χ3v) is 4.65. The molecule has 0 bridgehead atoms. The molecular weight excluding hydrogens is 285 g/mol. The van der Waals surface area contributed by atoms with Crippen LogP contribution in [0.25, 0.3) is 0 Å². The first-order valence-corrected chi connectivity index (χ1v) is 7.24. The Labute approximate surface area is 121 Å². The van der Waals surface area contributed by atoms with E-state index in [1.54, 1.807) is 11.8 Å². The van der Waals surface area contributed by atoms with E-state index in [0.717, 1.165) is 27.5 Å². The Morgan fingerprint density at radius 3 is 2.33 bits per heavy atom. The van der Waals surface area contributed by atoms with Crippen LogP contribution in [0.5, 0.6) is 0 Å². The molecule has 0 saturated heterocycles. The average Bonchev–Trinajstić information content (AvgIpc) is 2.33. The van der Waals surface area contributed by atoms with Gasteiger partial charge in [-0.25, -0.2) is 0 Å². The monoisotopic (exact) mass is 297 g/mol. The van der Waals surface area contributed by atoms with Crippen molar-refractivity contribution in [2.24, 2.45) is 0 Å². The van der Waals surface area contributed by atoms with Crippen LogP contribution in [-0.2, 0) is 5.75 Å². The van der Waals surface area contributed by atoms with E-state index in [1.165, 1.54) is 0 Å². The maximum atomic E-state index is 6.14. The quantitative estimate of drug-likeness (QED) is 0.624. The van der Waals surface area contributed by atoms with E-state index >= 15 is 0 Å². The van der Waals surface area contributed by atoms with Crippen LogP contribution in [0.15, 0.2) is 41.3 Å². The highest BCUT2D eigenvalue weighted by Crippen LogP contribution is 2.33.